The molecule has 2 aromatic carbocycles. The molecule has 0 saturated carbocycles. The molecule has 0 bridgehead atoms. The van der Waals surface area contributed by atoms with E-state index < -0.39 is 30.1 Å². The molecule has 0 unspecified atom stereocenters. The Hall–Kier alpha value is -3.39. The highest BCUT2D eigenvalue weighted by atomic mass is 16.5. The largest absolute Gasteiger partial charge is 0.480 e. The summed E-state index contributed by atoms with van der Waals surface area (Å²) in [5.74, 6) is -1.72. The van der Waals surface area contributed by atoms with Crippen LogP contribution in [0.25, 0.3) is 11.1 Å². The van der Waals surface area contributed by atoms with Gasteiger partial charge in [-0.1, -0.05) is 55.5 Å². The number of amides is 2. The predicted molar refractivity (Wildman–Crippen MR) is 118 cm³/mol. The lowest BCUT2D eigenvalue weighted by molar-refractivity contribution is -0.143. The molecule has 0 aliphatic heterocycles. The second-order valence-electron chi connectivity index (χ2n) is 7.69. The third-order valence-corrected chi connectivity index (χ3v) is 5.56. The molecule has 2 atom stereocenters. The summed E-state index contributed by atoms with van der Waals surface area (Å²) in [5.41, 5.74) is 4.52. The number of nitrogens with one attached hydrogen (secondary N) is 2. The quantitative estimate of drug-likeness (QED) is 0.524. The van der Waals surface area contributed by atoms with Crippen LogP contribution in [0.15, 0.2) is 48.5 Å². The number of aliphatic carboxylic acids is 1. The van der Waals surface area contributed by atoms with Gasteiger partial charge in [0.15, 0.2) is 6.04 Å². The maximum Gasteiger partial charge on any atom is 0.407 e. The van der Waals surface area contributed by atoms with Gasteiger partial charge in [-0.2, -0.15) is 0 Å². The Balaban J connectivity index is 1.56. The molecule has 1 aliphatic carbocycles. The lowest BCUT2D eigenvalue weighted by atomic mass is 9.98. The van der Waals surface area contributed by atoms with Gasteiger partial charge in [-0.3, -0.25) is 4.79 Å². The summed E-state index contributed by atoms with van der Waals surface area (Å²) in [6.45, 7) is 1.86. The number of fused-ring (bicyclic) bond motifs is 3. The Morgan fingerprint density at radius 2 is 1.59 bits per heavy atom. The number of hydrogen-bond donors (Lipinski definition) is 3. The van der Waals surface area contributed by atoms with Crippen molar-refractivity contribution in [2.75, 3.05) is 20.3 Å². The van der Waals surface area contributed by atoms with Gasteiger partial charge in [-0.25, -0.2) is 9.59 Å². The third-order valence-electron chi connectivity index (χ3n) is 5.56. The number of carbonyl (C=O) groups excluding carboxylic acids is 2. The summed E-state index contributed by atoms with van der Waals surface area (Å²) < 4.78 is 10.3. The highest BCUT2D eigenvalue weighted by Crippen LogP contribution is 2.44. The molecule has 0 fully saturated rings. The summed E-state index contributed by atoms with van der Waals surface area (Å²) in [5, 5.41) is 14.2. The second-order valence-corrected chi connectivity index (χ2v) is 7.69. The molecule has 3 rings (SSSR count). The minimum absolute atomic E-state index is 0.0538. The zero-order valence-corrected chi connectivity index (χ0v) is 18.2. The number of carbonyl (C=O) groups is 3. The molecular formula is C24H28N2O6. The molecule has 0 spiro atoms. The van der Waals surface area contributed by atoms with E-state index in [2.05, 4.69) is 22.8 Å². The maximum absolute atomic E-state index is 12.4. The third kappa shape index (κ3) is 5.45. The van der Waals surface area contributed by atoms with E-state index in [0.717, 1.165) is 22.3 Å². The van der Waals surface area contributed by atoms with Crippen LogP contribution >= 0.6 is 0 Å². The van der Waals surface area contributed by atoms with E-state index in [0.29, 0.717) is 6.42 Å². The van der Waals surface area contributed by atoms with Crippen molar-refractivity contribution in [1.82, 2.24) is 10.6 Å². The van der Waals surface area contributed by atoms with Crippen molar-refractivity contribution >= 4 is 18.0 Å². The molecule has 8 heteroatoms. The van der Waals surface area contributed by atoms with Crippen LogP contribution < -0.4 is 10.6 Å². The summed E-state index contributed by atoms with van der Waals surface area (Å²) in [4.78, 5) is 35.8. The van der Waals surface area contributed by atoms with Gasteiger partial charge < -0.3 is 25.2 Å². The van der Waals surface area contributed by atoms with E-state index >= 15 is 0 Å². The van der Waals surface area contributed by atoms with Gasteiger partial charge in [0.2, 0.25) is 5.91 Å². The fourth-order valence-electron chi connectivity index (χ4n) is 3.92. The Bertz CT molecular complexity index is 931. The molecule has 2 aromatic rings. The normalized spacial score (nSPS) is 14.1. The minimum Gasteiger partial charge on any atom is -0.480 e. The first-order valence-corrected chi connectivity index (χ1v) is 10.6. The molecule has 32 heavy (non-hydrogen) atoms. The number of methoxy groups -OCH3 is 1. The van der Waals surface area contributed by atoms with Crippen molar-refractivity contribution in [2.45, 2.75) is 37.8 Å². The van der Waals surface area contributed by atoms with Crippen molar-refractivity contribution in [3.63, 3.8) is 0 Å². The van der Waals surface area contributed by atoms with Crippen LogP contribution in [-0.4, -0.2) is 55.5 Å². The molecule has 3 N–H and O–H groups in total. The molecule has 170 valence electrons. The van der Waals surface area contributed by atoms with Gasteiger partial charge in [-0.05, 0) is 28.7 Å². The van der Waals surface area contributed by atoms with Crippen LogP contribution in [0, 0.1) is 0 Å². The van der Waals surface area contributed by atoms with Crippen LogP contribution in [0.2, 0.25) is 0 Å². The van der Waals surface area contributed by atoms with Gasteiger partial charge in [0.1, 0.15) is 6.61 Å². The lowest BCUT2D eigenvalue weighted by Crippen LogP contribution is -2.46. The predicted octanol–water partition coefficient (Wildman–Crippen LogP) is 2.91. The molecule has 0 radical (unpaired) electrons. The number of ether oxygens (including phenoxy) is 2. The van der Waals surface area contributed by atoms with E-state index in [9.17, 15) is 14.4 Å². The van der Waals surface area contributed by atoms with Gasteiger partial charge in [0, 0.05) is 25.5 Å². The molecule has 8 nitrogen and oxygen atoms in total. The highest BCUT2D eigenvalue weighted by Gasteiger charge is 2.29. The van der Waals surface area contributed by atoms with Crippen molar-refractivity contribution < 1.29 is 29.0 Å². The maximum atomic E-state index is 12.4. The van der Waals surface area contributed by atoms with Crippen LogP contribution in [0.4, 0.5) is 4.79 Å². The first kappa shape index (κ1) is 23.3. The van der Waals surface area contributed by atoms with E-state index in [1.54, 1.807) is 0 Å². The minimum atomic E-state index is -1.18. The fraction of sp³-hybridized carbons (Fsp3) is 0.375. The zero-order valence-electron chi connectivity index (χ0n) is 18.2. The number of hydrogen-bond acceptors (Lipinski definition) is 5. The fourth-order valence-corrected chi connectivity index (χ4v) is 3.92. The van der Waals surface area contributed by atoms with Gasteiger partial charge >= 0.3 is 12.1 Å². The summed E-state index contributed by atoms with van der Waals surface area (Å²) in [6.07, 6.45) is -0.188. The van der Waals surface area contributed by atoms with Crippen LogP contribution in [0.3, 0.4) is 0 Å². The van der Waals surface area contributed by atoms with Crippen molar-refractivity contribution in [3.05, 3.63) is 59.7 Å². The Kier molecular flexibility index (Phi) is 7.83. The number of benzene rings is 2. The molecule has 1 aliphatic rings. The van der Waals surface area contributed by atoms with Crippen molar-refractivity contribution in [3.8, 4) is 11.1 Å². The molecule has 0 aromatic heterocycles. The first-order chi connectivity index (χ1) is 15.4. The monoisotopic (exact) mass is 440 g/mol. The van der Waals surface area contributed by atoms with E-state index in [4.69, 9.17) is 14.6 Å². The molecule has 0 saturated heterocycles. The van der Waals surface area contributed by atoms with E-state index in [-0.39, 0.29) is 25.6 Å². The average Bonchev–Trinajstić information content (AvgIpc) is 3.10. The van der Waals surface area contributed by atoms with Crippen LogP contribution in [0.5, 0.6) is 0 Å². The van der Waals surface area contributed by atoms with Gasteiger partial charge in [0.25, 0.3) is 0 Å². The second kappa shape index (κ2) is 10.8. The van der Waals surface area contributed by atoms with Crippen molar-refractivity contribution in [2.24, 2.45) is 0 Å². The first-order valence-electron chi connectivity index (χ1n) is 10.6. The number of carboxylic acid groups (broad SMARTS) is 1. The van der Waals surface area contributed by atoms with E-state index in [1.807, 2.05) is 43.3 Å². The average molecular weight is 440 g/mol. The summed E-state index contributed by atoms with van der Waals surface area (Å²) in [7, 11) is 1.36. The van der Waals surface area contributed by atoms with E-state index in [1.165, 1.54) is 7.11 Å². The standard InChI is InChI=1S/C24H28N2O6/c1-3-15(12-22(27)26-21(14-31-2)23(28)29)25-24(30)32-13-20-18-10-6-4-8-16(18)17-9-5-7-11-19(17)20/h4-11,15,20-21H,3,12-14H2,1-2H3,(H,25,30)(H,26,27)(H,28,29)/t15-,21+/m1/s1. The highest BCUT2D eigenvalue weighted by molar-refractivity contribution is 5.84. The number of carboxylic acids is 1. The van der Waals surface area contributed by atoms with Crippen LogP contribution in [0.1, 0.15) is 36.8 Å². The molecule has 2 amide bonds. The zero-order chi connectivity index (χ0) is 23.1. The Labute approximate surface area is 186 Å². The smallest absolute Gasteiger partial charge is 0.407 e. The lowest BCUT2D eigenvalue weighted by Gasteiger charge is -2.20. The Morgan fingerprint density at radius 3 is 2.12 bits per heavy atom. The summed E-state index contributed by atoms with van der Waals surface area (Å²) in [6, 6.07) is 14.5. The number of alkyl carbamates (subject to hydrolysis) is 1. The summed E-state index contributed by atoms with van der Waals surface area (Å²) >= 11 is 0. The van der Waals surface area contributed by atoms with Gasteiger partial charge in [0.05, 0.1) is 6.61 Å². The number of rotatable bonds is 10. The van der Waals surface area contributed by atoms with Gasteiger partial charge in [-0.15, -0.1) is 0 Å². The topological polar surface area (TPSA) is 114 Å². The molecular weight excluding hydrogens is 412 g/mol. The Morgan fingerprint density at radius 1 is 1.00 bits per heavy atom. The molecule has 0 heterocycles. The van der Waals surface area contributed by atoms with Crippen LogP contribution in [-0.2, 0) is 19.1 Å². The van der Waals surface area contributed by atoms with Crippen molar-refractivity contribution in [1.29, 1.82) is 0 Å². The SMILES string of the molecule is CC[C@H](CC(=O)N[C@@H](COC)C(=O)O)NC(=O)OCC1c2ccccc2-c2ccccc21.